The van der Waals surface area contributed by atoms with Crippen LogP contribution in [0.25, 0.3) is 0 Å². The summed E-state index contributed by atoms with van der Waals surface area (Å²) in [7, 11) is 0. The molecule has 0 bridgehead atoms. The first-order chi connectivity index (χ1) is 9.33. The predicted octanol–water partition coefficient (Wildman–Crippen LogP) is 0.868. The Kier molecular flexibility index (Phi) is 3.94. The smallest absolute Gasteiger partial charge is 0.225 e. The van der Waals surface area contributed by atoms with E-state index in [2.05, 4.69) is 19.8 Å². The van der Waals surface area contributed by atoms with Gasteiger partial charge in [-0.1, -0.05) is 6.42 Å². The van der Waals surface area contributed by atoms with Gasteiger partial charge in [-0.3, -0.25) is 4.90 Å². The molecule has 104 valence electrons. The van der Waals surface area contributed by atoms with E-state index in [9.17, 15) is 0 Å². The van der Waals surface area contributed by atoms with Crippen molar-refractivity contribution in [1.82, 2.24) is 14.9 Å². The first-order valence-electron chi connectivity index (χ1n) is 7.34. The lowest BCUT2D eigenvalue weighted by Crippen LogP contribution is -2.52. The van der Waals surface area contributed by atoms with Crippen LogP contribution in [-0.2, 0) is 0 Å². The molecule has 1 aliphatic heterocycles. The summed E-state index contributed by atoms with van der Waals surface area (Å²) < 4.78 is 0. The van der Waals surface area contributed by atoms with Crippen LogP contribution in [0.1, 0.15) is 25.7 Å². The van der Waals surface area contributed by atoms with Gasteiger partial charge in [-0.2, -0.15) is 0 Å². The number of hydrogen-bond donors (Lipinski definition) is 1. The number of nitrogens with zero attached hydrogens (tertiary/aromatic N) is 4. The monoisotopic (exact) mass is 261 g/mol. The Balaban J connectivity index is 1.54. The van der Waals surface area contributed by atoms with Gasteiger partial charge in [-0.05, 0) is 25.3 Å². The van der Waals surface area contributed by atoms with E-state index in [1.165, 1.54) is 25.7 Å². The highest BCUT2D eigenvalue weighted by molar-refractivity contribution is 5.29. The molecule has 1 saturated carbocycles. The van der Waals surface area contributed by atoms with Gasteiger partial charge in [0.15, 0.2) is 0 Å². The molecule has 2 aliphatic rings. The molecule has 5 nitrogen and oxygen atoms in total. The van der Waals surface area contributed by atoms with Gasteiger partial charge in [0.25, 0.3) is 0 Å². The summed E-state index contributed by atoms with van der Waals surface area (Å²) in [6.45, 7) is 4.26. The second-order valence-electron chi connectivity index (χ2n) is 5.65. The van der Waals surface area contributed by atoms with Crippen molar-refractivity contribution < 1.29 is 0 Å². The quantitative estimate of drug-likeness (QED) is 0.856. The molecule has 2 N–H and O–H groups in total. The Morgan fingerprint density at radius 3 is 2.47 bits per heavy atom. The van der Waals surface area contributed by atoms with Crippen molar-refractivity contribution in [2.75, 3.05) is 31.1 Å². The average molecular weight is 261 g/mol. The zero-order valence-electron chi connectivity index (χ0n) is 11.4. The standard InChI is InChI=1S/C14H23N5/c15-12-3-1-4-13(11-12)18-7-9-19(10-8-18)14-16-5-2-6-17-14/h2,5-6,12-13H,1,3-4,7-11,15H2. The maximum absolute atomic E-state index is 6.09. The normalized spacial score (nSPS) is 29.4. The first-order valence-corrected chi connectivity index (χ1v) is 7.34. The van der Waals surface area contributed by atoms with Gasteiger partial charge < -0.3 is 10.6 Å². The second kappa shape index (κ2) is 5.84. The van der Waals surface area contributed by atoms with Crippen LogP contribution in [0.2, 0.25) is 0 Å². The molecule has 2 heterocycles. The van der Waals surface area contributed by atoms with E-state index in [4.69, 9.17) is 5.73 Å². The number of hydrogen-bond acceptors (Lipinski definition) is 5. The van der Waals surface area contributed by atoms with Crippen LogP contribution >= 0.6 is 0 Å². The molecule has 0 aromatic carbocycles. The van der Waals surface area contributed by atoms with Crippen molar-refractivity contribution in [3.8, 4) is 0 Å². The summed E-state index contributed by atoms with van der Waals surface area (Å²) in [6.07, 6.45) is 8.60. The Morgan fingerprint density at radius 1 is 1.05 bits per heavy atom. The van der Waals surface area contributed by atoms with E-state index < -0.39 is 0 Å². The lowest BCUT2D eigenvalue weighted by Gasteiger charge is -2.41. The fraction of sp³-hybridized carbons (Fsp3) is 0.714. The SMILES string of the molecule is NC1CCCC(N2CCN(c3ncccn3)CC2)C1. The molecule has 19 heavy (non-hydrogen) atoms. The minimum absolute atomic E-state index is 0.411. The molecule has 5 heteroatoms. The fourth-order valence-electron chi connectivity index (χ4n) is 3.27. The summed E-state index contributed by atoms with van der Waals surface area (Å²) in [4.78, 5) is 13.5. The lowest BCUT2D eigenvalue weighted by molar-refractivity contribution is 0.139. The Morgan fingerprint density at radius 2 is 1.79 bits per heavy atom. The first kappa shape index (κ1) is 12.8. The van der Waals surface area contributed by atoms with Gasteiger partial charge in [0.2, 0.25) is 5.95 Å². The van der Waals surface area contributed by atoms with E-state index >= 15 is 0 Å². The number of aromatic nitrogens is 2. The lowest BCUT2D eigenvalue weighted by atomic mass is 9.90. The van der Waals surface area contributed by atoms with Crippen LogP contribution in [0.5, 0.6) is 0 Å². The maximum atomic E-state index is 6.09. The zero-order valence-corrected chi connectivity index (χ0v) is 11.4. The van der Waals surface area contributed by atoms with E-state index in [1.807, 2.05) is 18.5 Å². The highest BCUT2D eigenvalue weighted by Gasteiger charge is 2.28. The predicted molar refractivity (Wildman–Crippen MR) is 76.0 cm³/mol. The fourth-order valence-corrected chi connectivity index (χ4v) is 3.27. The van der Waals surface area contributed by atoms with Crippen molar-refractivity contribution in [3.63, 3.8) is 0 Å². The average Bonchev–Trinajstić information content (AvgIpc) is 2.48. The number of nitrogens with two attached hydrogens (primary N) is 1. The van der Waals surface area contributed by atoms with Crippen molar-refractivity contribution in [1.29, 1.82) is 0 Å². The topological polar surface area (TPSA) is 58.3 Å². The highest BCUT2D eigenvalue weighted by atomic mass is 15.3. The van der Waals surface area contributed by atoms with Gasteiger partial charge in [-0.25, -0.2) is 9.97 Å². The molecule has 1 aromatic rings. The van der Waals surface area contributed by atoms with Gasteiger partial charge in [0.1, 0.15) is 0 Å². The third kappa shape index (κ3) is 3.04. The number of piperazine rings is 1. The molecule has 2 fully saturated rings. The van der Waals surface area contributed by atoms with Crippen molar-refractivity contribution in [3.05, 3.63) is 18.5 Å². The summed E-state index contributed by atoms with van der Waals surface area (Å²) in [6, 6.07) is 2.97. The van der Waals surface area contributed by atoms with Gasteiger partial charge in [0.05, 0.1) is 0 Å². The summed E-state index contributed by atoms with van der Waals surface area (Å²) in [5.74, 6) is 0.863. The maximum Gasteiger partial charge on any atom is 0.225 e. The summed E-state index contributed by atoms with van der Waals surface area (Å²) >= 11 is 0. The van der Waals surface area contributed by atoms with Gasteiger partial charge in [-0.15, -0.1) is 0 Å². The van der Waals surface area contributed by atoms with E-state index in [1.54, 1.807) is 0 Å². The van der Waals surface area contributed by atoms with E-state index in [-0.39, 0.29) is 0 Å². The molecule has 3 rings (SSSR count). The molecule has 0 spiro atoms. The minimum Gasteiger partial charge on any atom is -0.338 e. The molecule has 0 radical (unpaired) electrons. The van der Waals surface area contributed by atoms with Crippen LogP contribution in [0.15, 0.2) is 18.5 Å². The Labute approximate surface area is 114 Å². The van der Waals surface area contributed by atoms with Crippen molar-refractivity contribution in [2.24, 2.45) is 5.73 Å². The summed E-state index contributed by atoms with van der Waals surface area (Å²) in [5.41, 5.74) is 6.09. The molecule has 1 aliphatic carbocycles. The number of rotatable bonds is 2. The largest absolute Gasteiger partial charge is 0.338 e. The Bertz CT molecular complexity index is 388. The third-order valence-electron chi connectivity index (χ3n) is 4.35. The molecule has 1 aromatic heterocycles. The van der Waals surface area contributed by atoms with Crippen molar-refractivity contribution >= 4 is 5.95 Å². The zero-order chi connectivity index (χ0) is 13.1. The molecular weight excluding hydrogens is 238 g/mol. The van der Waals surface area contributed by atoms with E-state index in [0.29, 0.717) is 12.1 Å². The third-order valence-corrected chi connectivity index (χ3v) is 4.35. The molecule has 2 unspecified atom stereocenters. The highest BCUT2D eigenvalue weighted by Crippen LogP contribution is 2.23. The van der Waals surface area contributed by atoms with Crippen LogP contribution in [-0.4, -0.2) is 53.1 Å². The van der Waals surface area contributed by atoms with Crippen LogP contribution in [0, 0.1) is 0 Å². The van der Waals surface area contributed by atoms with Crippen molar-refractivity contribution in [2.45, 2.75) is 37.8 Å². The van der Waals surface area contributed by atoms with Gasteiger partial charge in [0, 0.05) is 50.7 Å². The molecule has 1 saturated heterocycles. The molecule has 2 atom stereocenters. The van der Waals surface area contributed by atoms with Crippen LogP contribution < -0.4 is 10.6 Å². The second-order valence-corrected chi connectivity index (χ2v) is 5.65. The summed E-state index contributed by atoms with van der Waals surface area (Å²) in [5, 5.41) is 0. The van der Waals surface area contributed by atoms with E-state index in [0.717, 1.165) is 32.1 Å². The molecular formula is C14H23N5. The molecule has 0 amide bonds. The van der Waals surface area contributed by atoms with Crippen LogP contribution in [0.4, 0.5) is 5.95 Å². The number of anilines is 1. The Hall–Kier alpha value is -1.20. The van der Waals surface area contributed by atoms with Gasteiger partial charge >= 0.3 is 0 Å². The minimum atomic E-state index is 0.411. The van der Waals surface area contributed by atoms with Crippen LogP contribution in [0.3, 0.4) is 0 Å².